The first-order valence-corrected chi connectivity index (χ1v) is 8.94. The van der Waals surface area contributed by atoms with Crippen LogP contribution < -0.4 is 0 Å². The number of rotatable bonds is 3. The summed E-state index contributed by atoms with van der Waals surface area (Å²) in [7, 11) is 0. The first-order valence-electron chi connectivity index (χ1n) is 7.75. The lowest BCUT2D eigenvalue weighted by Crippen LogP contribution is -2.46. The highest BCUT2D eigenvalue weighted by molar-refractivity contribution is 7.16. The molecule has 110 valence electrons. The third-order valence-corrected chi connectivity index (χ3v) is 5.93. The summed E-state index contributed by atoms with van der Waals surface area (Å²) in [6.07, 6.45) is 7.96. The lowest BCUT2D eigenvalue weighted by atomic mass is 9.79. The summed E-state index contributed by atoms with van der Waals surface area (Å²) in [4.78, 5) is 16.1. The van der Waals surface area contributed by atoms with Crippen molar-refractivity contribution < 1.29 is 4.79 Å². The van der Waals surface area contributed by atoms with Gasteiger partial charge in [0.15, 0.2) is 0 Å². The van der Waals surface area contributed by atoms with Crippen molar-refractivity contribution in [3.05, 3.63) is 21.3 Å². The van der Waals surface area contributed by atoms with Crippen LogP contribution in [0.2, 0.25) is 4.34 Å². The average molecular weight is 312 g/mol. The van der Waals surface area contributed by atoms with Gasteiger partial charge in [-0.15, -0.1) is 11.3 Å². The SMILES string of the molecule is O=C1CCCCC1C1CCCCN1Cc1ccc(Cl)s1. The van der Waals surface area contributed by atoms with Crippen molar-refractivity contribution in [3.8, 4) is 0 Å². The first-order chi connectivity index (χ1) is 9.74. The summed E-state index contributed by atoms with van der Waals surface area (Å²) >= 11 is 7.70. The van der Waals surface area contributed by atoms with Gasteiger partial charge in [-0.05, 0) is 44.4 Å². The minimum Gasteiger partial charge on any atom is -0.299 e. The Morgan fingerprint density at radius 2 is 2.05 bits per heavy atom. The monoisotopic (exact) mass is 311 g/mol. The van der Waals surface area contributed by atoms with E-state index in [-0.39, 0.29) is 0 Å². The Labute approximate surface area is 130 Å². The Hall–Kier alpha value is -0.380. The maximum atomic E-state index is 12.3. The molecule has 0 bridgehead atoms. The number of hydrogen-bond donors (Lipinski definition) is 0. The van der Waals surface area contributed by atoms with Crippen molar-refractivity contribution in [2.24, 2.45) is 5.92 Å². The van der Waals surface area contributed by atoms with Crippen LogP contribution in [0.3, 0.4) is 0 Å². The predicted octanol–water partition coefficient (Wildman–Crippen LogP) is 4.52. The molecule has 1 aliphatic carbocycles. The molecule has 1 aromatic heterocycles. The van der Waals surface area contributed by atoms with Crippen LogP contribution in [0.5, 0.6) is 0 Å². The summed E-state index contributed by atoms with van der Waals surface area (Å²) in [6.45, 7) is 2.09. The molecule has 0 aromatic carbocycles. The fourth-order valence-electron chi connectivity index (χ4n) is 3.72. The summed E-state index contributed by atoms with van der Waals surface area (Å²) < 4.78 is 0.863. The quantitative estimate of drug-likeness (QED) is 0.818. The van der Waals surface area contributed by atoms with Crippen molar-refractivity contribution in [2.45, 2.75) is 57.5 Å². The highest BCUT2D eigenvalue weighted by Gasteiger charge is 2.35. The Kier molecular flexibility index (Phi) is 4.79. The van der Waals surface area contributed by atoms with Crippen molar-refractivity contribution in [2.75, 3.05) is 6.54 Å². The van der Waals surface area contributed by atoms with E-state index in [1.54, 1.807) is 11.3 Å². The summed E-state index contributed by atoms with van der Waals surface area (Å²) in [5.41, 5.74) is 0. The Morgan fingerprint density at radius 3 is 2.80 bits per heavy atom. The van der Waals surface area contributed by atoms with E-state index in [4.69, 9.17) is 11.6 Å². The van der Waals surface area contributed by atoms with Gasteiger partial charge in [-0.3, -0.25) is 9.69 Å². The highest BCUT2D eigenvalue weighted by Crippen LogP contribution is 2.33. The molecule has 2 atom stereocenters. The van der Waals surface area contributed by atoms with Crippen molar-refractivity contribution in [1.29, 1.82) is 0 Å². The Morgan fingerprint density at radius 1 is 1.20 bits per heavy atom. The number of Topliss-reactive ketones (excluding diaryl/α,β-unsaturated/α-hetero) is 1. The van der Waals surface area contributed by atoms with Crippen LogP contribution in [0.15, 0.2) is 12.1 Å². The standard InChI is InChI=1S/C16H22ClNOS/c17-16-9-8-12(20-16)11-18-10-4-3-6-14(18)13-5-1-2-7-15(13)19/h8-9,13-14H,1-7,10-11H2. The average Bonchev–Trinajstić information content (AvgIpc) is 2.86. The molecule has 4 heteroatoms. The van der Waals surface area contributed by atoms with E-state index < -0.39 is 0 Å². The third-order valence-electron chi connectivity index (χ3n) is 4.72. The zero-order valence-corrected chi connectivity index (χ0v) is 13.4. The second-order valence-electron chi connectivity index (χ2n) is 6.06. The number of carbonyl (C=O) groups is 1. The molecule has 3 rings (SSSR count). The van der Waals surface area contributed by atoms with Gasteiger partial charge in [0.2, 0.25) is 0 Å². The maximum Gasteiger partial charge on any atom is 0.137 e. The molecule has 0 spiro atoms. The molecule has 2 unspecified atom stereocenters. The van der Waals surface area contributed by atoms with Gasteiger partial charge in [0.25, 0.3) is 0 Å². The number of hydrogen-bond acceptors (Lipinski definition) is 3. The third kappa shape index (κ3) is 3.26. The van der Waals surface area contributed by atoms with E-state index in [9.17, 15) is 4.79 Å². The maximum absolute atomic E-state index is 12.3. The number of likely N-dealkylation sites (tertiary alicyclic amines) is 1. The molecular weight excluding hydrogens is 290 g/mol. The molecule has 1 aliphatic heterocycles. The second-order valence-corrected chi connectivity index (χ2v) is 7.86. The highest BCUT2D eigenvalue weighted by atomic mass is 35.5. The van der Waals surface area contributed by atoms with Gasteiger partial charge in [-0.1, -0.05) is 24.4 Å². The van der Waals surface area contributed by atoms with Crippen LogP contribution in [0.4, 0.5) is 0 Å². The minimum absolute atomic E-state index is 0.291. The van der Waals surface area contributed by atoms with Gasteiger partial charge in [-0.2, -0.15) is 0 Å². The number of thiophene rings is 1. The zero-order valence-electron chi connectivity index (χ0n) is 11.8. The second kappa shape index (κ2) is 6.59. The van der Waals surface area contributed by atoms with E-state index in [1.807, 2.05) is 6.07 Å². The number of piperidine rings is 1. The van der Waals surface area contributed by atoms with E-state index in [0.29, 0.717) is 17.7 Å². The fourth-order valence-corrected chi connectivity index (χ4v) is 4.84. The predicted molar refractivity (Wildman–Crippen MR) is 84.3 cm³/mol. The summed E-state index contributed by atoms with van der Waals surface area (Å²) in [6, 6.07) is 4.57. The van der Waals surface area contributed by atoms with Gasteiger partial charge < -0.3 is 0 Å². The molecule has 0 amide bonds. The molecule has 1 saturated carbocycles. The summed E-state index contributed by atoms with van der Waals surface area (Å²) in [5.74, 6) is 0.803. The molecule has 0 radical (unpaired) electrons. The minimum atomic E-state index is 0.291. The summed E-state index contributed by atoms with van der Waals surface area (Å²) in [5, 5.41) is 0. The Balaban J connectivity index is 1.71. The van der Waals surface area contributed by atoms with Gasteiger partial charge in [0.1, 0.15) is 5.78 Å². The van der Waals surface area contributed by atoms with Crippen LogP contribution >= 0.6 is 22.9 Å². The van der Waals surface area contributed by atoms with E-state index in [0.717, 1.165) is 36.7 Å². The van der Waals surface area contributed by atoms with E-state index >= 15 is 0 Å². The molecule has 2 nitrogen and oxygen atoms in total. The van der Waals surface area contributed by atoms with Crippen molar-refractivity contribution in [3.63, 3.8) is 0 Å². The van der Waals surface area contributed by atoms with Gasteiger partial charge in [0, 0.05) is 29.8 Å². The molecule has 2 heterocycles. The molecule has 2 fully saturated rings. The van der Waals surface area contributed by atoms with E-state index in [1.165, 1.54) is 30.6 Å². The smallest absolute Gasteiger partial charge is 0.137 e. The zero-order chi connectivity index (χ0) is 13.9. The van der Waals surface area contributed by atoms with Crippen LogP contribution in [0.1, 0.15) is 49.8 Å². The van der Waals surface area contributed by atoms with Crippen LogP contribution in [-0.2, 0) is 11.3 Å². The van der Waals surface area contributed by atoms with Crippen molar-refractivity contribution in [1.82, 2.24) is 4.90 Å². The van der Waals surface area contributed by atoms with Crippen LogP contribution in [-0.4, -0.2) is 23.3 Å². The number of ketones is 1. The molecule has 20 heavy (non-hydrogen) atoms. The van der Waals surface area contributed by atoms with Crippen molar-refractivity contribution >= 4 is 28.7 Å². The number of halogens is 1. The van der Waals surface area contributed by atoms with Crippen LogP contribution in [0, 0.1) is 5.92 Å². The van der Waals surface area contributed by atoms with Gasteiger partial charge in [0.05, 0.1) is 4.34 Å². The topological polar surface area (TPSA) is 20.3 Å². The molecule has 2 aliphatic rings. The number of carbonyl (C=O) groups excluding carboxylic acids is 1. The number of nitrogens with zero attached hydrogens (tertiary/aromatic N) is 1. The van der Waals surface area contributed by atoms with Gasteiger partial charge in [-0.25, -0.2) is 0 Å². The molecule has 1 aromatic rings. The van der Waals surface area contributed by atoms with Crippen LogP contribution in [0.25, 0.3) is 0 Å². The van der Waals surface area contributed by atoms with Gasteiger partial charge >= 0.3 is 0 Å². The lowest BCUT2D eigenvalue weighted by Gasteiger charge is -2.41. The normalized spacial score (nSPS) is 28.8. The molecule has 1 saturated heterocycles. The van der Waals surface area contributed by atoms with E-state index in [2.05, 4.69) is 11.0 Å². The molecular formula is C16H22ClNOS. The Bertz CT molecular complexity index is 473. The first kappa shape index (κ1) is 14.6. The molecule has 0 N–H and O–H groups in total. The largest absolute Gasteiger partial charge is 0.299 e. The lowest BCUT2D eigenvalue weighted by molar-refractivity contribution is -0.127. The fraction of sp³-hybridized carbons (Fsp3) is 0.688.